The first-order valence-corrected chi connectivity index (χ1v) is 6.44. The Balaban J connectivity index is 3.70. The van der Waals surface area contributed by atoms with E-state index in [2.05, 4.69) is 12.2 Å². The number of hydrogen-bond donors (Lipinski definition) is 2. The molecule has 0 bridgehead atoms. The molecule has 0 spiro atoms. The van der Waals surface area contributed by atoms with Crippen LogP contribution in [-0.2, 0) is 14.8 Å². The first kappa shape index (κ1) is 13.8. The second-order valence-corrected chi connectivity index (χ2v) is 5.00. The molecule has 14 heavy (non-hydrogen) atoms. The molecule has 0 aliphatic rings. The van der Waals surface area contributed by atoms with Crippen molar-refractivity contribution in [1.29, 1.82) is 0 Å². The van der Waals surface area contributed by atoms with E-state index in [9.17, 15) is 8.42 Å². The van der Waals surface area contributed by atoms with Crippen molar-refractivity contribution in [3.05, 3.63) is 0 Å². The maximum absolute atomic E-state index is 10.6. The van der Waals surface area contributed by atoms with Gasteiger partial charge in [-0.15, -0.1) is 0 Å². The highest BCUT2D eigenvalue weighted by Crippen LogP contribution is 1.96. The Hall–Kier alpha value is -0.170. The van der Waals surface area contributed by atoms with Gasteiger partial charge in [-0.3, -0.25) is 0 Å². The fraction of sp³-hybridized carbons (Fsp3) is 1.00. The Morgan fingerprint density at radius 2 is 2.14 bits per heavy atom. The zero-order chi connectivity index (χ0) is 11.0. The molecule has 0 saturated heterocycles. The molecule has 0 radical (unpaired) electrons. The predicted octanol–water partition coefficient (Wildman–Crippen LogP) is -0.320. The lowest BCUT2D eigenvalue weighted by Gasteiger charge is -2.16. The van der Waals surface area contributed by atoms with E-state index in [-0.39, 0.29) is 11.8 Å². The number of hydrogen-bond acceptors (Lipinski definition) is 4. The Bertz CT molecular complexity index is 223. The molecule has 1 unspecified atom stereocenters. The number of ether oxygens (including phenoxy) is 1. The lowest BCUT2D eigenvalue weighted by Crippen LogP contribution is -2.37. The van der Waals surface area contributed by atoms with E-state index in [0.29, 0.717) is 13.2 Å². The van der Waals surface area contributed by atoms with Crippen LogP contribution in [0, 0.1) is 0 Å². The van der Waals surface area contributed by atoms with Crippen molar-refractivity contribution in [2.24, 2.45) is 5.14 Å². The maximum atomic E-state index is 10.6. The molecule has 0 aromatic carbocycles. The first-order chi connectivity index (χ1) is 6.49. The third-order valence-corrected chi connectivity index (χ3v) is 2.60. The summed E-state index contributed by atoms with van der Waals surface area (Å²) in [5.41, 5.74) is 0. The summed E-state index contributed by atoms with van der Waals surface area (Å²) in [7, 11) is -1.72. The van der Waals surface area contributed by atoms with Crippen LogP contribution in [0.3, 0.4) is 0 Å². The zero-order valence-corrected chi connectivity index (χ0v) is 9.64. The molecular weight excluding hydrogens is 204 g/mol. The van der Waals surface area contributed by atoms with Gasteiger partial charge >= 0.3 is 0 Å². The molecule has 0 saturated carbocycles. The minimum absolute atomic E-state index is 0.0308. The second kappa shape index (κ2) is 7.17. The monoisotopic (exact) mass is 224 g/mol. The van der Waals surface area contributed by atoms with Crippen LogP contribution < -0.4 is 10.5 Å². The summed E-state index contributed by atoms with van der Waals surface area (Å²) in [5, 5.41) is 7.96. The van der Waals surface area contributed by atoms with E-state index in [4.69, 9.17) is 9.88 Å². The van der Waals surface area contributed by atoms with Crippen molar-refractivity contribution >= 4 is 10.0 Å². The number of rotatable bonds is 8. The second-order valence-electron chi connectivity index (χ2n) is 3.26. The molecule has 0 fully saturated rings. The van der Waals surface area contributed by atoms with Gasteiger partial charge < -0.3 is 10.1 Å². The molecule has 0 aliphatic carbocycles. The molecular formula is C8H20N2O3S. The number of primary sulfonamides is 1. The molecule has 0 amide bonds. The fourth-order valence-electron chi connectivity index (χ4n) is 1.20. The third-order valence-electron chi connectivity index (χ3n) is 1.82. The molecule has 5 nitrogen and oxygen atoms in total. The molecule has 0 aromatic rings. The topological polar surface area (TPSA) is 81.4 Å². The lowest BCUT2D eigenvalue weighted by atomic mass is 10.2. The average Bonchev–Trinajstić information content (AvgIpc) is 2.02. The molecule has 1 atom stereocenters. The van der Waals surface area contributed by atoms with Gasteiger partial charge in [-0.25, -0.2) is 13.6 Å². The number of nitrogens with two attached hydrogens (primary N) is 1. The molecule has 0 heterocycles. The van der Waals surface area contributed by atoms with Gasteiger partial charge in [-0.2, -0.15) is 0 Å². The number of nitrogens with one attached hydrogen (secondary N) is 1. The molecule has 0 aromatic heterocycles. The van der Waals surface area contributed by atoms with Crippen LogP contribution in [-0.4, -0.2) is 40.5 Å². The number of sulfonamides is 1. The van der Waals surface area contributed by atoms with Gasteiger partial charge in [0.05, 0.1) is 12.4 Å². The summed E-state index contributed by atoms with van der Waals surface area (Å²) in [6, 6.07) is 0.215. The SMILES string of the molecule is CCCC(COC)NCCS(N)(=O)=O. The predicted molar refractivity (Wildman–Crippen MR) is 56.5 cm³/mol. The van der Waals surface area contributed by atoms with Crippen LogP contribution in [0.4, 0.5) is 0 Å². The summed E-state index contributed by atoms with van der Waals surface area (Å²) >= 11 is 0. The Morgan fingerprint density at radius 3 is 2.57 bits per heavy atom. The van der Waals surface area contributed by atoms with E-state index in [0.717, 1.165) is 12.8 Å². The summed E-state index contributed by atoms with van der Waals surface area (Å²) in [4.78, 5) is 0. The van der Waals surface area contributed by atoms with E-state index in [1.54, 1.807) is 7.11 Å². The summed E-state index contributed by atoms with van der Waals surface area (Å²) in [5.74, 6) is -0.0308. The van der Waals surface area contributed by atoms with Gasteiger partial charge in [0.25, 0.3) is 0 Å². The average molecular weight is 224 g/mol. The van der Waals surface area contributed by atoms with Gasteiger partial charge in [0, 0.05) is 19.7 Å². The molecule has 3 N–H and O–H groups in total. The third kappa shape index (κ3) is 8.43. The minimum atomic E-state index is -3.35. The smallest absolute Gasteiger partial charge is 0.210 e. The van der Waals surface area contributed by atoms with Crippen LogP contribution in [0.5, 0.6) is 0 Å². The highest BCUT2D eigenvalue weighted by atomic mass is 32.2. The normalized spacial score (nSPS) is 14.2. The first-order valence-electron chi connectivity index (χ1n) is 4.72. The zero-order valence-electron chi connectivity index (χ0n) is 8.82. The fourth-order valence-corrected chi connectivity index (χ4v) is 1.60. The highest BCUT2D eigenvalue weighted by molar-refractivity contribution is 7.89. The van der Waals surface area contributed by atoms with Crippen molar-refractivity contribution in [1.82, 2.24) is 5.32 Å². The Morgan fingerprint density at radius 1 is 1.50 bits per heavy atom. The maximum Gasteiger partial charge on any atom is 0.210 e. The van der Waals surface area contributed by atoms with Crippen molar-refractivity contribution < 1.29 is 13.2 Å². The van der Waals surface area contributed by atoms with Gasteiger partial charge in [-0.05, 0) is 6.42 Å². The van der Waals surface area contributed by atoms with Gasteiger partial charge in [0.2, 0.25) is 10.0 Å². The van der Waals surface area contributed by atoms with Gasteiger partial charge in [-0.1, -0.05) is 13.3 Å². The summed E-state index contributed by atoms with van der Waals surface area (Å²) in [6.07, 6.45) is 2.01. The van der Waals surface area contributed by atoms with Gasteiger partial charge in [0.1, 0.15) is 0 Å². The standard InChI is InChI=1S/C8H20N2O3S/c1-3-4-8(7-13-2)10-5-6-14(9,11)12/h8,10H,3-7H2,1-2H3,(H2,9,11,12). The molecule has 0 aliphatic heterocycles. The summed E-state index contributed by atoms with van der Waals surface area (Å²) < 4.78 is 26.3. The van der Waals surface area contributed by atoms with Crippen LogP contribution in [0.2, 0.25) is 0 Å². The molecule has 6 heteroatoms. The Kier molecular flexibility index (Phi) is 7.08. The van der Waals surface area contributed by atoms with Crippen molar-refractivity contribution in [3.63, 3.8) is 0 Å². The van der Waals surface area contributed by atoms with Crippen molar-refractivity contribution in [3.8, 4) is 0 Å². The summed E-state index contributed by atoms with van der Waals surface area (Å²) in [6.45, 7) is 3.05. The Labute approximate surface area is 86.1 Å². The van der Waals surface area contributed by atoms with E-state index in [1.165, 1.54) is 0 Å². The van der Waals surface area contributed by atoms with E-state index < -0.39 is 10.0 Å². The van der Waals surface area contributed by atoms with Crippen LogP contribution in [0.15, 0.2) is 0 Å². The van der Waals surface area contributed by atoms with Crippen molar-refractivity contribution in [2.75, 3.05) is 26.0 Å². The largest absolute Gasteiger partial charge is 0.383 e. The lowest BCUT2D eigenvalue weighted by molar-refractivity contribution is 0.163. The van der Waals surface area contributed by atoms with Crippen LogP contribution in [0.1, 0.15) is 19.8 Å². The minimum Gasteiger partial charge on any atom is -0.383 e. The molecule has 0 rings (SSSR count). The van der Waals surface area contributed by atoms with Crippen LogP contribution >= 0.6 is 0 Å². The van der Waals surface area contributed by atoms with Crippen molar-refractivity contribution in [2.45, 2.75) is 25.8 Å². The number of methoxy groups -OCH3 is 1. The van der Waals surface area contributed by atoms with Crippen LogP contribution in [0.25, 0.3) is 0 Å². The van der Waals surface area contributed by atoms with E-state index in [1.807, 2.05) is 0 Å². The van der Waals surface area contributed by atoms with Gasteiger partial charge in [0.15, 0.2) is 0 Å². The quantitative estimate of drug-likeness (QED) is 0.592. The highest BCUT2D eigenvalue weighted by Gasteiger charge is 2.08. The van der Waals surface area contributed by atoms with E-state index >= 15 is 0 Å². The molecule has 86 valence electrons.